The first-order chi connectivity index (χ1) is 13.7. The second-order valence-corrected chi connectivity index (χ2v) is 8.09. The number of para-hydroxylation sites is 1. The van der Waals surface area contributed by atoms with Gasteiger partial charge in [0.05, 0.1) is 6.54 Å². The molecule has 6 heteroatoms. The number of benzene rings is 2. The molecule has 1 heterocycles. The number of rotatable bonds is 8. The van der Waals surface area contributed by atoms with E-state index in [4.69, 9.17) is 0 Å². The summed E-state index contributed by atoms with van der Waals surface area (Å²) in [5.74, 6) is 1.01. The molecule has 28 heavy (non-hydrogen) atoms. The van der Waals surface area contributed by atoms with Gasteiger partial charge in [-0.25, -0.2) is 0 Å². The average Bonchev–Trinajstić information content (AvgIpc) is 2.73. The van der Waals surface area contributed by atoms with Gasteiger partial charge in [0.2, 0.25) is 11.8 Å². The van der Waals surface area contributed by atoms with Crippen LogP contribution in [0, 0.1) is 5.92 Å². The first-order valence-electron chi connectivity index (χ1n) is 9.73. The Labute approximate surface area is 170 Å². The number of nitrogens with one attached hydrogen (secondary N) is 2. The maximum atomic E-state index is 12.4. The van der Waals surface area contributed by atoms with E-state index in [0.717, 1.165) is 37.4 Å². The maximum absolute atomic E-state index is 12.4. The zero-order valence-electron chi connectivity index (χ0n) is 16.0. The van der Waals surface area contributed by atoms with Crippen LogP contribution < -0.4 is 10.6 Å². The van der Waals surface area contributed by atoms with Crippen molar-refractivity contribution in [1.29, 1.82) is 0 Å². The number of thioether (sulfide) groups is 1. The smallest absolute Gasteiger partial charge is 0.234 e. The van der Waals surface area contributed by atoms with E-state index < -0.39 is 0 Å². The topological polar surface area (TPSA) is 61.4 Å². The number of carbonyl (C=O) groups excluding carboxylic acids is 2. The second kappa shape index (κ2) is 10.9. The van der Waals surface area contributed by atoms with Gasteiger partial charge in [0.1, 0.15) is 0 Å². The summed E-state index contributed by atoms with van der Waals surface area (Å²) in [6.07, 6.45) is 1.58. The number of amides is 2. The number of likely N-dealkylation sites (tertiary alicyclic amines) is 1. The highest BCUT2D eigenvalue weighted by Crippen LogP contribution is 2.19. The Morgan fingerprint density at radius 3 is 2.29 bits per heavy atom. The zero-order valence-corrected chi connectivity index (χ0v) is 16.8. The highest BCUT2D eigenvalue weighted by molar-refractivity contribution is 7.99. The molecular weight excluding hydrogens is 370 g/mol. The van der Waals surface area contributed by atoms with Crippen molar-refractivity contribution in [3.8, 4) is 0 Å². The van der Waals surface area contributed by atoms with Gasteiger partial charge in [0.15, 0.2) is 0 Å². The van der Waals surface area contributed by atoms with Crippen LogP contribution in [0.4, 0.5) is 5.69 Å². The fourth-order valence-corrected chi connectivity index (χ4v) is 4.04. The zero-order chi connectivity index (χ0) is 19.6. The van der Waals surface area contributed by atoms with Gasteiger partial charge < -0.3 is 10.6 Å². The van der Waals surface area contributed by atoms with Crippen molar-refractivity contribution >= 4 is 29.3 Å². The lowest BCUT2D eigenvalue weighted by Crippen LogP contribution is -2.43. The minimum absolute atomic E-state index is 0.0155. The quantitative estimate of drug-likeness (QED) is 0.530. The monoisotopic (exact) mass is 397 g/mol. The molecule has 2 N–H and O–H groups in total. The van der Waals surface area contributed by atoms with Crippen molar-refractivity contribution in [2.45, 2.75) is 17.7 Å². The predicted octanol–water partition coefficient (Wildman–Crippen LogP) is 3.25. The Morgan fingerprint density at radius 2 is 1.61 bits per heavy atom. The summed E-state index contributed by atoms with van der Waals surface area (Å²) in [5.41, 5.74) is 0.836. The Bertz CT molecular complexity index is 747. The molecule has 2 amide bonds. The van der Waals surface area contributed by atoms with Crippen LogP contribution in [0.3, 0.4) is 0 Å². The molecule has 3 rings (SSSR count). The van der Waals surface area contributed by atoms with Gasteiger partial charge in [0.25, 0.3) is 0 Å². The highest BCUT2D eigenvalue weighted by Gasteiger charge is 2.25. The third kappa shape index (κ3) is 6.69. The molecule has 0 aromatic heterocycles. The number of nitrogens with zero attached hydrogens (tertiary/aromatic N) is 1. The van der Waals surface area contributed by atoms with Crippen LogP contribution in [-0.4, -0.2) is 48.6 Å². The van der Waals surface area contributed by atoms with E-state index >= 15 is 0 Å². The van der Waals surface area contributed by atoms with Gasteiger partial charge in [-0.05, 0) is 50.2 Å². The van der Waals surface area contributed by atoms with E-state index in [1.165, 1.54) is 4.90 Å². The predicted molar refractivity (Wildman–Crippen MR) is 114 cm³/mol. The van der Waals surface area contributed by atoms with Crippen LogP contribution in [0.15, 0.2) is 65.6 Å². The molecule has 1 aliphatic heterocycles. The van der Waals surface area contributed by atoms with Crippen LogP contribution in [0.2, 0.25) is 0 Å². The molecule has 0 bridgehead atoms. The molecule has 5 nitrogen and oxygen atoms in total. The van der Waals surface area contributed by atoms with Crippen LogP contribution in [-0.2, 0) is 9.59 Å². The summed E-state index contributed by atoms with van der Waals surface area (Å²) < 4.78 is 0. The normalized spacial score (nSPS) is 15.1. The lowest BCUT2D eigenvalue weighted by molar-refractivity contribution is -0.123. The Hall–Kier alpha value is -2.31. The first kappa shape index (κ1) is 20.4. The summed E-state index contributed by atoms with van der Waals surface area (Å²) >= 11 is 1.74. The highest BCUT2D eigenvalue weighted by atomic mass is 32.2. The molecule has 0 unspecified atom stereocenters. The molecule has 1 saturated heterocycles. The summed E-state index contributed by atoms with van der Waals surface area (Å²) in [6.45, 7) is 2.62. The average molecular weight is 398 g/mol. The van der Waals surface area contributed by atoms with Gasteiger partial charge >= 0.3 is 0 Å². The van der Waals surface area contributed by atoms with Gasteiger partial charge in [-0.15, -0.1) is 11.8 Å². The largest absolute Gasteiger partial charge is 0.354 e. The van der Waals surface area contributed by atoms with Crippen LogP contribution in [0.1, 0.15) is 12.8 Å². The van der Waals surface area contributed by atoms with Crippen molar-refractivity contribution in [1.82, 2.24) is 10.2 Å². The van der Waals surface area contributed by atoms with Crippen molar-refractivity contribution in [3.05, 3.63) is 60.7 Å². The molecule has 0 atom stereocenters. The minimum atomic E-state index is 0.0155. The Kier molecular flexibility index (Phi) is 7.94. The second-order valence-electron chi connectivity index (χ2n) is 6.92. The summed E-state index contributed by atoms with van der Waals surface area (Å²) in [5, 5.41) is 5.96. The van der Waals surface area contributed by atoms with Crippen molar-refractivity contribution < 1.29 is 9.59 Å². The third-order valence-electron chi connectivity index (χ3n) is 4.80. The Morgan fingerprint density at radius 1 is 0.964 bits per heavy atom. The van der Waals surface area contributed by atoms with E-state index in [1.54, 1.807) is 11.8 Å². The van der Waals surface area contributed by atoms with Crippen molar-refractivity contribution in [2.24, 2.45) is 5.92 Å². The number of anilines is 1. The van der Waals surface area contributed by atoms with E-state index in [0.29, 0.717) is 13.1 Å². The van der Waals surface area contributed by atoms with Crippen molar-refractivity contribution in [3.63, 3.8) is 0 Å². The van der Waals surface area contributed by atoms with Gasteiger partial charge in [0, 0.05) is 28.8 Å². The van der Waals surface area contributed by atoms with Crippen molar-refractivity contribution in [2.75, 3.05) is 37.2 Å². The van der Waals surface area contributed by atoms with E-state index in [-0.39, 0.29) is 17.7 Å². The molecule has 0 spiro atoms. The molecule has 1 fully saturated rings. The first-order valence-corrected chi connectivity index (χ1v) is 10.7. The van der Waals surface area contributed by atoms with E-state index in [2.05, 4.69) is 27.7 Å². The number of hydrogen-bond acceptors (Lipinski definition) is 4. The lowest BCUT2D eigenvalue weighted by Gasteiger charge is -2.30. The van der Waals surface area contributed by atoms with Gasteiger partial charge in [-0.1, -0.05) is 36.4 Å². The van der Waals surface area contributed by atoms with Crippen LogP contribution in [0.25, 0.3) is 0 Å². The third-order valence-corrected chi connectivity index (χ3v) is 5.82. The minimum Gasteiger partial charge on any atom is -0.354 e. The van der Waals surface area contributed by atoms with Gasteiger partial charge in [-0.2, -0.15) is 0 Å². The van der Waals surface area contributed by atoms with Gasteiger partial charge in [-0.3, -0.25) is 14.5 Å². The maximum Gasteiger partial charge on any atom is 0.234 e. The SMILES string of the molecule is O=C(CN1CCC(C(=O)Nc2ccccc2)CC1)NCCSc1ccccc1. The molecule has 148 valence electrons. The number of carbonyl (C=O) groups is 2. The van der Waals surface area contributed by atoms with Crippen LogP contribution in [0.5, 0.6) is 0 Å². The standard InChI is InChI=1S/C22H27N3O2S/c26-21(23-13-16-28-20-9-5-2-6-10-20)17-25-14-11-18(12-15-25)22(27)24-19-7-3-1-4-8-19/h1-10,18H,11-17H2,(H,23,26)(H,24,27). The molecular formula is C22H27N3O2S. The summed E-state index contributed by atoms with van der Waals surface area (Å²) in [6, 6.07) is 19.7. The molecule has 1 aliphatic rings. The summed E-state index contributed by atoms with van der Waals surface area (Å²) in [4.78, 5) is 27.9. The van der Waals surface area contributed by atoms with E-state index in [1.807, 2.05) is 48.5 Å². The fraction of sp³-hybridized carbons (Fsp3) is 0.364. The van der Waals surface area contributed by atoms with Crippen LogP contribution >= 0.6 is 11.8 Å². The molecule has 2 aromatic carbocycles. The molecule has 0 radical (unpaired) electrons. The molecule has 0 aliphatic carbocycles. The Balaban J connectivity index is 1.30. The molecule has 0 saturated carbocycles. The summed E-state index contributed by atoms with van der Waals surface area (Å²) in [7, 11) is 0. The number of hydrogen-bond donors (Lipinski definition) is 2. The van der Waals surface area contributed by atoms with E-state index in [9.17, 15) is 9.59 Å². The molecule has 2 aromatic rings. The fourth-order valence-electron chi connectivity index (χ4n) is 3.25. The number of piperidine rings is 1. The lowest BCUT2D eigenvalue weighted by atomic mass is 9.96.